The normalized spacial score (nSPS) is 18.6. The number of hydroxylamine groups is 1. The number of fused-ring (bicyclic) bond motifs is 1. The Kier molecular flexibility index (Phi) is 12.1. The summed E-state index contributed by atoms with van der Waals surface area (Å²) in [5.41, 5.74) is 6.30. The van der Waals surface area contributed by atoms with Gasteiger partial charge in [-0.1, -0.05) is 79.2 Å². The molecule has 9 heteroatoms. The fourth-order valence-electron chi connectivity index (χ4n) is 5.99. The minimum absolute atomic E-state index is 0.0101. The Morgan fingerprint density at radius 2 is 1.53 bits per heavy atom. The molecule has 1 heterocycles. The van der Waals surface area contributed by atoms with E-state index in [1.54, 1.807) is 5.48 Å². The molecule has 248 valence electrons. The van der Waals surface area contributed by atoms with E-state index in [0.29, 0.717) is 37.9 Å². The van der Waals surface area contributed by atoms with Gasteiger partial charge >= 0.3 is 0 Å². The van der Waals surface area contributed by atoms with Crippen LogP contribution in [0.15, 0.2) is 91.0 Å². The molecule has 0 radical (unpaired) electrons. The topological polar surface area (TPSA) is 120 Å². The van der Waals surface area contributed by atoms with Crippen molar-refractivity contribution in [3.63, 3.8) is 0 Å². The zero-order valence-corrected chi connectivity index (χ0v) is 27.1. The molecule has 1 aliphatic heterocycles. The molecular weight excluding hydrogens is 594 g/mol. The predicted molar refractivity (Wildman–Crippen MR) is 182 cm³/mol. The molecule has 0 saturated carbocycles. The maximum absolute atomic E-state index is 12.5. The highest BCUT2D eigenvalue weighted by Gasteiger charge is 2.33. The highest BCUT2D eigenvalue weighted by Crippen LogP contribution is 2.39. The molecule has 4 N–H and O–H groups in total. The first-order valence-electron chi connectivity index (χ1n) is 16.3. The number of hydrogen-bond donors (Lipinski definition) is 4. The van der Waals surface area contributed by atoms with E-state index in [9.17, 15) is 14.7 Å². The lowest BCUT2D eigenvalue weighted by Crippen LogP contribution is -2.38. The summed E-state index contributed by atoms with van der Waals surface area (Å²) >= 11 is 0. The Hall–Kier alpha value is -4.12. The van der Waals surface area contributed by atoms with Crippen molar-refractivity contribution in [3.05, 3.63) is 113 Å². The quantitative estimate of drug-likeness (QED) is 0.0669. The molecule has 4 unspecified atom stereocenters. The number of ether oxygens (including phenoxy) is 2. The number of carbonyl (C=O) groups excluding carboxylic acids is 2. The van der Waals surface area contributed by atoms with Crippen LogP contribution in [0.3, 0.4) is 0 Å². The van der Waals surface area contributed by atoms with Crippen LogP contribution in [0.5, 0.6) is 0 Å². The summed E-state index contributed by atoms with van der Waals surface area (Å²) in [4.78, 5) is 25.9. The highest BCUT2D eigenvalue weighted by molar-refractivity contribution is 5.90. The molecule has 1 aliphatic rings. The molecular formula is C38H45N3O6. The SMILES string of the molecule is CC(c1ccc2ccccc2c1)N(C)CC1CC(c2ccc(CO)cc2)OC(c2ccc(NC(=O)CCCCCC(=O)NO)cc2)O1. The lowest BCUT2D eigenvalue weighted by atomic mass is 9.98. The summed E-state index contributed by atoms with van der Waals surface area (Å²) in [6.45, 7) is 2.91. The van der Waals surface area contributed by atoms with Gasteiger partial charge in [-0.3, -0.25) is 19.7 Å². The number of aliphatic hydroxyl groups excluding tert-OH is 1. The van der Waals surface area contributed by atoms with Crippen molar-refractivity contribution in [3.8, 4) is 0 Å². The van der Waals surface area contributed by atoms with E-state index >= 15 is 0 Å². The third-order valence-electron chi connectivity index (χ3n) is 8.92. The second-order valence-corrected chi connectivity index (χ2v) is 12.3. The summed E-state index contributed by atoms with van der Waals surface area (Å²) in [5, 5.41) is 23.5. The molecule has 4 aromatic carbocycles. The highest BCUT2D eigenvalue weighted by atomic mass is 16.7. The van der Waals surface area contributed by atoms with Crippen molar-refractivity contribution < 1.29 is 29.4 Å². The average molecular weight is 640 g/mol. The second kappa shape index (κ2) is 16.6. The van der Waals surface area contributed by atoms with Crippen molar-refractivity contribution in [1.82, 2.24) is 10.4 Å². The Morgan fingerprint density at radius 1 is 0.851 bits per heavy atom. The van der Waals surface area contributed by atoms with Crippen LogP contribution >= 0.6 is 0 Å². The second-order valence-electron chi connectivity index (χ2n) is 12.3. The molecule has 0 spiro atoms. The molecule has 1 saturated heterocycles. The summed E-state index contributed by atoms with van der Waals surface area (Å²) in [6.07, 6.45) is 2.36. The van der Waals surface area contributed by atoms with E-state index in [1.165, 1.54) is 16.3 Å². The first kappa shape index (κ1) is 34.2. The van der Waals surface area contributed by atoms with Crippen molar-refractivity contribution in [2.75, 3.05) is 18.9 Å². The van der Waals surface area contributed by atoms with Crippen LogP contribution in [0.1, 0.15) is 86.1 Å². The minimum Gasteiger partial charge on any atom is -0.392 e. The number of amides is 2. The van der Waals surface area contributed by atoms with E-state index in [0.717, 1.165) is 23.1 Å². The number of nitrogens with one attached hydrogen (secondary N) is 2. The Bertz CT molecular complexity index is 1610. The summed E-state index contributed by atoms with van der Waals surface area (Å²) < 4.78 is 13.1. The van der Waals surface area contributed by atoms with Crippen LogP contribution in [-0.4, -0.2) is 46.7 Å². The zero-order valence-electron chi connectivity index (χ0n) is 27.1. The van der Waals surface area contributed by atoms with Gasteiger partial charge in [-0.15, -0.1) is 0 Å². The van der Waals surface area contributed by atoms with Crippen LogP contribution < -0.4 is 10.8 Å². The van der Waals surface area contributed by atoms with Gasteiger partial charge in [-0.05, 0) is 72.5 Å². The molecule has 2 amide bonds. The molecule has 0 aromatic heterocycles. The number of benzene rings is 4. The smallest absolute Gasteiger partial charge is 0.243 e. The van der Waals surface area contributed by atoms with Gasteiger partial charge in [0.05, 0.1) is 18.8 Å². The lowest BCUT2D eigenvalue weighted by Gasteiger charge is -2.39. The maximum Gasteiger partial charge on any atom is 0.243 e. The van der Waals surface area contributed by atoms with Crippen molar-refractivity contribution >= 4 is 28.3 Å². The molecule has 1 fully saturated rings. The fraction of sp³-hybridized carbons (Fsp3) is 0.368. The molecule has 0 bridgehead atoms. The number of anilines is 1. The van der Waals surface area contributed by atoms with E-state index < -0.39 is 12.2 Å². The van der Waals surface area contributed by atoms with Gasteiger partial charge in [-0.2, -0.15) is 0 Å². The van der Waals surface area contributed by atoms with Crippen LogP contribution in [0, 0.1) is 0 Å². The standard InChI is InChI=1S/C38H45N3O6/c1-26(31-17-16-28-8-6-7-9-32(28)22-31)41(2)24-34-23-35(29-14-12-27(25-42)13-15-29)47-38(46-34)30-18-20-33(21-19-30)39-36(43)10-4-3-5-11-37(44)40-45/h6-9,12-22,26,34-35,38,42,45H,3-5,10-11,23-25H2,1-2H3,(H,39,43)(H,40,44). The van der Waals surface area contributed by atoms with Crippen LogP contribution in [0.25, 0.3) is 10.8 Å². The van der Waals surface area contributed by atoms with Crippen LogP contribution in [-0.2, 0) is 25.7 Å². The van der Waals surface area contributed by atoms with Gasteiger partial charge in [-0.25, -0.2) is 5.48 Å². The largest absolute Gasteiger partial charge is 0.392 e. The van der Waals surface area contributed by atoms with Crippen molar-refractivity contribution in [2.24, 2.45) is 0 Å². The van der Waals surface area contributed by atoms with Crippen LogP contribution in [0.2, 0.25) is 0 Å². The minimum atomic E-state index is -0.596. The number of hydrogen-bond acceptors (Lipinski definition) is 7. The predicted octanol–water partition coefficient (Wildman–Crippen LogP) is 6.96. The maximum atomic E-state index is 12.5. The third kappa shape index (κ3) is 9.47. The Balaban J connectivity index is 1.24. The fourth-order valence-corrected chi connectivity index (χ4v) is 5.99. The summed E-state index contributed by atoms with van der Waals surface area (Å²) in [6, 6.07) is 30.6. The van der Waals surface area contributed by atoms with E-state index in [1.807, 2.05) is 48.5 Å². The number of unbranched alkanes of at least 4 members (excludes halogenated alkanes) is 2. The third-order valence-corrected chi connectivity index (χ3v) is 8.92. The Morgan fingerprint density at radius 3 is 2.23 bits per heavy atom. The summed E-state index contributed by atoms with van der Waals surface area (Å²) in [7, 11) is 2.13. The van der Waals surface area contributed by atoms with E-state index in [2.05, 4.69) is 66.7 Å². The van der Waals surface area contributed by atoms with E-state index in [-0.39, 0.29) is 37.2 Å². The van der Waals surface area contributed by atoms with Gasteiger partial charge in [0.25, 0.3) is 0 Å². The van der Waals surface area contributed by atoms with E-state index in [4.69, 9.17) is 14.7 Å². The Labute approximate surface area is 276 Å². The monoisotopic (exact) mass is 639 g/mol. The first-order valence-corrected chi connectivity index (χ1v) is 16.3. The molecule has 0 aliphatic carbocycles. The number of carbonyl (C=O) groups is 2. The lowest BCUT2D eigenvalue weighted by molar-refractivity contribution is -0.253. The number of rotatable bonds is 14. The van der Waals surface area contributed by atoms with Gasteiger partial charge in [0.15, 0.2) is 6.29 Å². The molecule has 47 heavy (non-hydrogen) atoms. The van der Waals surface area contributed by atoms with Crippen molar-refractivity contribution in [2.45, 2.75) is 76.6 Å². The molecule has 4 atom stereocenters. The molecule has 9 nitrogen and oxygen atoms in total. The van der Waals surface area contributed by atoms with Crippen LogP contribution in [0.4, 0.5) is 5.69 Å². The van der Waals surface area contributed by atoms with Gasteiger partial charge < -0.3 is 19.9 Å². The van der Waals surface area contributed by atoms with Gasteiger partial charge in [0.2, 0.25) is 11.8 Å². The number of nitrogens with zero attached hydrogens (tertiary/aromatic N) is 1. The van der Waals surface area contributed by atoms with Gasteiger partial charge in [0.1, 0.15) is 0 Å². The van der Waals surface area contributed by atoms with Crippen molar-refractivity contribution in [1.29, 1.82) is 0 Å². The molecule has 5 rings (SSSR count). The van der Waals surface area contributed by atoms with Gasteiger partial charge in [0, 0.05) is 43.1 Å². The zero-order chi connectivity index (χ0) is 33.2. The first-order chi connectivity index (χ1) is 22.8. The number of likely N-dealkylation sites (N-methyl/N-ethyl adjacent to an activating group) is 1. The summed E-state index contributed by atoms with van der Waals surface area (Å²) in [5.74, 6) is -0.509. The average Bonchev–Trinajstić information content (AvgIpc) is 3.11. The number of aliphatic hydroxyl groups is 1. The molecule has 4 aromatic rings.